The van der Waals surface area contributed by atoms with Crippen LogP contribution in [0, 0.1) is 6.92 Å². The van der Waals surface area contributed by atoms with Crippen LogP contribution in [-0.2, 0) is 6.18 Å². The summed E-state index contributed by atoms with van der Waals surface area (Å²) in [5, 5.41) is 15.5. The van der Waals surface area contributed by atoms with Gasteiger partial charge in [0.05, 0.1) is 23.3 Å². The third kappa shape index (κ3) is 4.92. The standard InChI is InChI=1S/C22H23F3IN8OP/c1-11-14(10-35-33-11)16-5-4-13-17(32-34(36-26)19(13)30-16)18-15(22(23,24)25)9-27-20(31-18)29-12-6-7-21(2,3)28-8-12/h4-5,9-10,12,28,36H,6-8H2,1-3H3,(H,27,29,31). The van der Waals surface area contributed by atoms with E-state index >= 15 is 0 Å². The highest BCUT2D eigenvalue weighted by atomic mass is 127. The van der Waals surface area contributed by atoms with Crippen LogP contribution in [0.15, 0.2) is 29.1 Å². The first-order valence-electron chi connectivity index (χ1n) is 11.2. The van der Waals surface area contributed by atoms with E-state index in [0.29, 0.717) is 34.5 Å². The van der Waals surface area contributed by atoms with Gasteiger partial charge in [0.25, 0.3) is 0 Å². The Balaban J connectivity index is 1.59. The Morgan fingerprint density at radius 2 is 2.06 bits per heavy atom. The van der Waals surface area contributed by atoms with Crippen molar-refractivity contribution in [2.24, 2.45) is 0 Å². The number of fused-ring (bicyclic) bond motifs is 1. The van der Waals surface area contributed by atoms with Crippen molar-refractivity contribution in [2.75, 3.05) is 11.9 Å². The molecule has 0 aliphatic carbocycles. The number of aryl methyl sites for hydroxylation is 1. The second kappa shape index (κ2) is 9.49. The summed E-state index contributed by atoms with van der Waals surface area (Å²) in [6, 6.07) is 3.43. The number of nitrogens with zero attached hydrogens (tertiary/aromatic N) is 6. The predicted molar refractivity (Wildman–Crippen MR) is 140 cm³/mol. The molecule has 2 atom stereocenters. The van der Waals surface area contributed by atoms with E-state index in [9.17, 15) is 13.2 Å². The number of halogens is 4. The van der Waals surface area contributed by atoms with E-state index in [0.717, 1.165) is 19.0 Å². The monoisotopic (exact) mass is 630 g/mol. The molecule has 9 nitrogen and oxygen atoms in total. The maximum atomic E-state index is 14.0. The minimum atomic E-state index is -4.65. The van der Waals surface area contributed by atoms with E-state index in [1.165, 1.54) is 6.26 Å². The smallest absolute Gasteiger partial charge is 0.364 e. The minimum Gasteiger partial charge on any atom is -0.364 e. The SMILES string of the molecule is Cc1nocc1-c1ccc2c(-c3nc(NC4CCC(C)(C)NC4)ncc3C(F)(F)F)nn(PI)c2n1. The zero-order chi connectivity index (χ0) is 25.7. The van der Waals surface area contributed by atoms with Crippen LogP contribution >= 0.6 is 28.4 Å². The van der Waals surface area contributed by atoms with E-state index < -0.39 is 11.7 Å². The molecule has 190 valence electrons. The van der Waals surface area contributed by atoms with Gasteiger partial charge in [0.2, 0.25) is 5.95 Å². The van der Waals surface area contributed by atoms with Crippen LogP contribution in [-0.4, -0.2) is 47.8 Å². The zero-order valence-electron chi connectivity index (χ0n) is 19.6. The molecule has 0 bridgehead atoms. The Hall–Kier alpha value is -2.38. The molecule has 0 radical (unpaired) electrons. The van der Waals surface area contributed by atoms with Crippen molar-refractivity contribution < 1.29 is 17.7 Å². The fourth-order valence-corrected chi connectivity index (χ4v) is 5.59. The van der Waals surface area contributed by atoms with Crippen molar-refractivity contribution in [1.29, 1.82) is 0 Å². The molecule has 1 aliphatic rings. The molecule has 4 aromatic rings. The van der Waals surface area contributed by atoms with Crippen LogP contribution in [0.4, 0.5) is 19.1 Å². The van der Waals surface area contributed by atoms with E-state index in [2.05, 4.69) is 71.7 Å². The largest absolute Gasteiger partial charge is 0.420 e. The second-order valence-electron chi connectivity index (χ2n) is 9.32. The van der Waals surface area contributed by atoms with Gasteiger partial charge in [0.15, 0.2) is 5.65 Å². The molecule has 0 saturated carbocycles. The normalized spacial score (nSPS) is 18.4. The van der Waals surface area contributed by atoms with Crippen LogP contribution in [0.5, 0.6) is 0 Å². The molecule has 2 unspecified atom stereocenters. The zero-order valence-corrected chi connectivity index (χ0v) is 22.8. The molecular formula is C22H23F3IN8OP. The molecule has 1 fully saturated rings. The fourth-order valence-electron chi connectivity index (χ4n) is 4.19. The second-order valence-corrected chi connectivity index (χ2v) is 11.4. The molecule has 0 spiro atoms. The van der Waals surface area contributed by atoms with Gasteiger partial charge < -0.3 is 15.2 Å². The van der Waals surface area contributed by atoms with Crippen LogP contribution in [0.25, 0.3) is 33.7 Å². The number of hydrogen-bond acceptors (Lipinski definition) is 8. The lowest BCUT2D eigenvalue weighted by atomic mass is 9.91. The lowest BCUT2D eigenvalue weighted by molar-refractivity contribution is -0.137. The lowest BCUT2D eigenvalue weighted by Crippen LogP contribution is -2.50. The topological polar surface area (TPSA) is 107 Å². The number of pyridine rings is 1. The summed E-state index contributed by atoms with van der Waals surface area (Å²) in [5.74, 6) is 0.133. The Bertz CT molecular complexity index is 1410. The third-order valence-electron chi connectivity index (χ3n) is 6.23. The molecule has 2 N–H and O–H groups in total. The lowest BCUT2D eigenvalue weighted by Gasteiger charge is -2.36. The van der Waals surface area contributed by atoms with Gasteiger partial charge in [-0.25, -0.2) is 19.4 Å². The van der Waals surface area contributed by atoms with Crippen molar-refractivity contribution in [3.8, 4) is 22.6 Å². The summed E-state index contributed by atoms with van der Waals surface area (Å²) in [5.41, 5.74) is 1.32. The molecule has 4 aromatic heterocycles. The van der Waals surface area contributed by atoms with E-state index in [1.54, 1.807) is 23.5 Å². The number of nitrogens with one attached hydrogen (secondary N) is 2. The Kier molecular flexibility index (Phi) is 6.66. The molecular weight excluding hydrogens is 607 g/mol. The van der Waals surface area contributed by atoms with Gasteiger partial charge in [-0.05, 0) is 67.8 Å². The molecule has 5 rings (SSSR count). The fraction of sp³-hybridized carbons (Fsp3) is 0.409. The van der Waals surface area contributed by atoms with Gasteiger partial charge >= 0.3 is 6.18 Å². The van der Waals surface area contributed by atoms with Crippen molar-refractivity contribution in [3.63, 3.8) is 0 Å². The summed E-state index contributed by atoms with van der Waals surface area (Å²) >= 11 is 2.12. The van der Waals surface area contributed by atoms with E-state index in [4.69, 9.17) is 4.52 Å². The Morgan fingerprint density at radius 1 is 1.25 bits per heavy atom. The van der Waals surface area contributed by atoms with Crippen LogP contribution in [0.3, 0.4) is 0 Å². The van der Waals surface area contributed by atoms with Gasteiger partial charge in [-0.3, -0.25) is 0 Å². The van der Waals surface area contributed by atoms with E-state index in [1.807, 2.05) is 0 Å². The first-order chi connectivity index (χ1) is 17.1. The molecule has 14 heteroatoms. The number of alkyl halides is 3. The molecule has 36 heavy (non-hydrogen) atoms. The number of piperidine rings is 1. The summed E-state index contributed by atoms with van der Waals surface area (Å²) in [6.07, 6.45) is -0.458. The average Bonchev–Trinajstić information content (AvgIpc) is 3.42. The van der Waals surface area contributed by atoms with Gasteiger partial charge in [0, 0.05) is 29.7 Å². The summed E-state index contributed by atoms with van der Waals surface area (Å²) in [6.45, 7) is 6.70. The van der Waals surface area contributed by atoms with Crippen LogP contribution in [0.1, 0.15) is 37.9 Å². The number of aromatic nitrogens is 6. The Morgan fingerprint density at radius 3 is 2.69 bits per heavy atom. The molecule has 1 saturated heterocycles. The van der Waals surface area contributed by atoms with Gasteiger partial charge in [0.1, 0.15) is 23.2 Å². The molecule has 0 aromatic carbocycles. The number of hydrogen-bond donors (Lipinski definition) is 2. The first kappa shape index (κ1) is 25.3. The minimum absolute atomic E-state index is 0.00350. The number of anilines is 1. The maximum Gasteiger partial charge on any atom is 0.420 e. The Labute approximate surface area is 219 Å². The molecule has 0 amide bonds. The number of rotatable bonds is 5. The maximum absolute atomic E-state index is 14.0. The highest BCUT2D eigenvalue weighted by molar-refractivity contribution is 14.2. The van der Waals surface area contributed by atoms with Crippen LogP contribution in [0.2, 0.25) is 0 Å². The highest BCUT2D eigenvalue weighted by Gasteiger charge is 2.37. The van der Waals surface area contributed by atoms with Gasteiger partial charge in [-0.15, -0.1) is 0 Å². The van der Waals surface area contributed by atoms with Crippen molar-refractivity contribution in [1.82, 2.24) is 35.0 Å². The first-order valence-corrected chi connectivity index (χ1v) is 15.3. The highest BCUT2D eigenvalue weighted by Crippen LogP contribution is 2.40. The summed E-state index contributed by atoms with van der Waals surface area (Å²) in [7, 11) is 0. The van der Waals surface area contributed by atoms with Gasteiger partial charge in [-0.1, -0.05) is 5.16 Å². The average molecular weight is 630 g/mol. The van der Waals surface area contributed by atoms with Crippen molar-refractivity contribution in [3.05, 3.63) is 35.9 Å². The third-order valence-corrected chi connectivity index (χ3v) is 8.08. The van der Waals surface area contributed by atoms with Crippen LogP contribution < -0.4 is 10.6 Å². The van der Waals surface area contributed by atoms with Crippen molar-refractivity contribution >= 4 is 45.4 Å². The predicted octanol–water partition coefficient (Wildman–Crippen LogP) is 5.60. The molecule has 1 aliphatic heterocycles. The molecule has 5 heterocycles. The summed E-state index contributed by atoms with van der Waals surface area (Å²) < 4.78 is 48.6. The van der Waals surface area contributed by atoms with Gasteiger partial charge in [-0.2, -0.15) is 18.3 Å². The quantitative estimate of drug-likeness (QED) is 0.217. The van der Waals surface area contributed by atoms with Crippen molar-refractivity contribution in [2.45, 2.75) is 51.4 Å². The summed E-state index contributed by atoms with van der Waals surface area (Å²) in [4.78, 5) is 13.0. The van der Waals surface area contributed by atoms with E-state index in [-0.39, 0.29) is 35.3 Å².